The minimum atomic E-state index is -0.563. The van der Waals surface area contributed by atoms with E-state index in [9.17, 15) is 9.90 Å². The van der Waals surface area contributed by atoms with E-state index in [1.165, 1.54) is 6.07 Å². The smallest absolute Gasteiger partial charge is 0.412 e. The number of nitrogens with one attached hydrogen (secondary N) is 2. The zero-order chi connectivity index (χ0) is 16.4. The van der Waals surface area contributed by atoms with E-state index < -0.39 is 11.7 Å². The highest BCUT2D eigenvalue weighted by Gasteiger charge is 2.37. The third-order valence-electron chi connectivity index (χ3n) is 3.56. The highest BCUT2D eigenvalue weighted by molar-refractivity contribution is 5.86. The minimum absolute atomic E-state index is 0.156. The van der Waals surface area contributed by atoms with Gasteiger partial charge in [0.1, 0.15) is 11.4 Å². The molecule has 0 aliphatic carbocycles. The van der Waals surface area contributed by atoms with Gasteiger partial charge in [-0.2, -0.15) is 0 Å². The fraction of sp³-hybridized carbons (Fsp3) is 0.562. The van der Waals surface area contributed by atoms with Crippen LogP contribution < -0.4 is 10.6 Å². The molecule has 1 saturated heterocycles. The number of phenols is 1. The second-order valence-corrected chi connectivity index (χ2v) is 6.64. The number of phenolic OH excluding ortho intramolecular Hbond substituents is 1. The van der Waals surface area contributed by atoms with Crippen molar-refractivity contribution in [1.82, 2.24) is 5.32 Å². The van der Waals surface area contributed by atoms with Crippen molar-refractivity contribution in [1.29, 1.82) is 0 Å². The predicted molar refractivity (Wildman–Crippen MR) is 84.3 cm³/mol. The summed E-state index contributed by atoms with van der Waals surface area (Å²) in [5, 5.41) is 15.6. The molecule has 22 heavy (non-hydrogen) atoms. The van der Waals surface area contributed by atoms with Gasteiger partial charge in [-0.3, -0.25) is 5.32 Å². The number of carbonyl (C=O) groups is 1. The van der Waals surface area contributed by atoms with Crippen molar-refractivity contribution < 1.29 is 19.4 Å². The van der Waals surface area contributed by atoms with Gasteiger partial charge in [0.25, 0.3) is 0 Å². The molecular weight excluding hydrogens is 284 g/mol. The van der Waals surface area contributed by atoms with Gasteiger partial charge >= 0.3 is 6.09 Å². The standard InChI is InChI=1S/C16H24N2O4/c1-15(2,3)22-14(20)18-13-6-5-12(19)7-11(13)8-16(21-4)9-17-10-16/h5-7,17,19H,8-10H2,1-4H3,(H,18,20). The van der Waals surface area contributed by atoms with Crippen LogP contribution in [0.5, 0.6) is 5.75 Å². The molecule has 1 aliphatic heterocycles. The molecule has 6 heteroatoms. The van der Waals surface area contributed by atoms with E-state index in [2.05, 4.69) is 10.6 Å². The van der Waals surface area contributed by atoms with Crippen LogP contribution in [0, 0.1) is 0 Å². The minimum Gasteiger partial charge on any atom is -0.508 e. The highest BCUT2D eigenvalue weighted by atomic mass is 16.6. The van der Waals surface area contributed by atoms with Crippen molar-refractivity contribution in [3.8, 4) is 5.75 Å². The summed E-state index contributed by atoms with van der Waals surface area (Å²) >= 11 is 0. The lowest BCUT2D eigenvalue weighted by molar-refractivity contribution is -0.0501. The third kappa shape index (κ3) is 4.11. The number of ether oxygens (including phenoxy) is 2. The summed E-state index contributed by atoms with van der Waals surface area (Å²) in [6.07, 6.45) is 0.0772. The van der Waals surface area contributed by atoms with Crippen molar-refractivity contribution in [3.63, 3.8) is 0 Å². The number of carbonyl (C=O) groups excluding carboxylic acids is 1. The molecule has 1 heterocycles. The van der Waals surface area contributed by atoms with Gasteiger partial charge in [-0.1, -0.05) is 0 Å². The molecule has 0 radical (unpaired) electrons. The molecule has 1 fully saturated rings. The van der Waals surface area contributed by atoms with E-state index in [1.54, 1.807) is 19.2 Å². The Morgan fingerprint density at radius 1 is 1.41 bits per heavy atom. The lowest BCUT2D eigenvalue weighted by atomic mass is 9.88. The molecule has 1 aliphatic rings. The number of hydrogen-bond acceptors (Lipinski definition) is 5. The van der Waals surface area contributed by atoms with E-state index in [-0.39, 0.29) is 11.4 Å². The number of amides is 1. The first-order valence-electron chi connectivity index (χ1n) is 7.31. The molecule has 3 N–H and O–H groups in total. The van der Waals surface area contributed by atoms with E-state index in [1.807, 2.05) is 20.8 Å². The molecule has 2 rings (SSSR count). The van der Waals surface area contributed by atoms with E-state index in [0.29, 0.717) is 12.1 Å². The fourth-order valence-corrected chi connectivity index (χ4v) is 2.35. The number of rotatable bonds is 4. The number of benzene rings is 1. The Morgan fingerprint density at radius 3 is 2.59 bits per heavy atom. The number of hydrogen-bond donors (Lipinski definition) is 3. The molecule has 6 nitrogen and oxygen atoms in total. The first kappa shape index (κ1) is 16.6. The van der Waals surface area contributed by atoms with Gasteiger partial charge in [0.05, 0.1) is 5.60 Å². The van der Waals surface area contributed by atoms with Crippen molar-refractivity contribution in [2.45, 2.75) is 38.4 Å². The Kier molecular flexibility index (Phi) is 4.63. The monoisotopic (exact) mass is 308 g/mol. The molecule has 0 spiro atoms. The second kappa shape index (κ2) is 6.14. The van der Waals surface area contributed by atoms with Crippen molar-refractivity contribution >= 4 is 11.8 Å². The first-order chi connectivity index (χ1) is 10.2. The summed E-state index contributed by atoms with van der Waals surface area (Å²) < 4.78 is 10.8. The van der Waals surface area contributed by atoms with Crippen LogP contribution in [-0.4, -0.2) is 42.6 Å². The second-order valence-electron chi connectivity index (χ2n) is 6.64. The molecule has 1 amide bonds. The topological polar surface area (TPSA) is 79.8 Å². The maximum Gasteiger partial charge on any atom is 0.412 e. The molecule has 0 atom stereocenters. The maximum atomic E-state index is 11.9. The number of aromatic hydroxyl groups is 1. The predicted octanol–water partition coefficient (Wildman–Crippen LogP) is 2.27. The molecule has 0 unspecified atom stereocenters. The van der Waals surface area contributed by atoms with Crippen molar-refractivity contribution in [2.24, 2.45) is 0 Å². The zero-order valence-corrected chi connectivity index (χ0v) is 13.5. The van der Waals surface area contributed by atoms with Gasteiger partial charge in [0.15, 0.2) is 0 Å². The summed E-state index contributed by atoms with van der Waals surface area (Å²) in [7, 11) is 1.67. The summed E-state index contributed by atoms with van der Waals surface area (Å²) in [5.74, 6) is 0.156. The largest absolute Gasteiger partial charge is 0.508 e. The Labute approximate surface area is 130 Å². The zero-order valence-electron chi connectivity index (χ0n) is 13.5. The van der Waals surface area contributed by atoms with Gasteiger partial charge in [0, 0.05) is 32.3 Å². The summed E-state index contributed by atoms with van der Waals surface area (Å²) in [6, 6.07) is 4.85. The highest BCUT2D eigenvalue weighted by Crippen LogP contribution is 2.29. The molecule has 0 bridgehead atoms. The number of methoxy groups -OCH3 is 1. The van der Waals surface area contributed by atoms with E-state index >= 15 is 0 Å². The summed E-state index contributed by atoms with van der Waals surface area (Å²) in [4.78, 5) is 11.9. The van der Waals surface area contributed by atoms with Gasteiger partial charge in [-0.25, -0.2) is 4.79 Å². The Balaban J connectivity index is 2.15. The Morgan fingerprint density at radius 2 is 2.09 bits per heavy atom. The first-order valence-corrected chi connectivity index (χ1v) is 7.31. The van der Waals surface area contributed by atoms with Crippen LogP contribution in [0.15, 0.2) is 18.2 Å². The van der Waals surface area contributed by atoms with Crippen LogP contribution in [0.25, 0.3) is 0 Å². The maximum absolute atomic E-state index is 11.9. The van der Waals surface area contributed by atoms with Gasteiger partial charge < -0.3 is 19.9 Å². The van der Waals surface area contributed by atoms with E-state index in [4.69, 9.17) is 9.47 Å². The molecule has 0 saturated carbocycles. The van der Waals surface area contributed by atoms with Crippen LogP contribution in [0.3, 0.4) is 0 Å². The van der Waals surface area contributed by atoms with Crippen LogP contribution in [0.4, 0.5) is 10.5 Å². The Hall–Kier alpha value is -1.79. The third-order valence-corrected chi connectivity index (χ3v) is 3.56. The SMILES string of the molecule is COC1(Cc2cc(O)ccc2NC(=O)OC(C)(C)C)CNC1. The average Bonchev–Trinajstić information content (AvgIpc) is 2.34. The van der Waals surface area contributed by atoms with Crippen LogP contribution in [-0.2, 0) is 15.9 Å². The summed E-state index contributed by atoms with van der Waals surface area (Å²) in [5.41, 5.74) is 0.579. The van der Waals surface area contributed by atoms with Crippen molar-refractivity contribution in [2.75, 3.05) is 25.5 Å². The van der Waals surface area contributed by atoms with Crippen LogP contribution in [0.1, 0.15) is 26.3 Å². The lowest BCUT2D eigenvalue weighted by Gasteiger charge is -2.41. The lowest BCUT2D eigenvalue weighted by Crippen LogP contribution is -2.61. The fourth-order valence-electron chi connectivity index (χ4n) is 2.35. The normalized spacial score (nSPS) is 16.7. The van der Waals surface area contributed by atoms with Crippen molar-refractivity contribution in [3.05, 3.63) is 23.8 Å². The van der Waals surface area contributed by atoms with Crippen LogP contribution >= 0.6 is 0 Å². The molecule has 0 aromatic heterocycles. The van der Waals surface area contributed by atoms with Gasteiger partial charge in [0.2, 0.25) is 0 Å². The van der Waals surface area contributed by atoms with Gasteiger partial charge in [-0.15, -0.1) is 0 Å². The van der Waals surface area contributed by atoms with E-state index in [0.717, 1.165) is 18.7 Å². The average molecular weight is 308 g/mol. The quantitative estimate of drug-likeness (QED) is 0.744. The molecule has 1 aromatic carbocycles. The molecule has 122 valence electrons. The number of anilines is 1. The summed E-state index contributed by atoms with van der Waals surface area (Å²) in [6.45, 7) is 6.91. The molecule has 1 aromatic rings. The van der Waals surface area contributed by atoms with Gasteiger partial charge in [-0.05, 0) is 44.5 Å². The Bertz CT molecular complexity index is 542. The van der Waals surface area contributed by atoms with Crippen LogP contribution in [0.2, 0.25) is 0 Å². The molecular formula is C16H24N2O4.